The lowest BCUT2D eigenvalue weighted by atomic mass is 10.2. The molecule has 0 unspecified atom stereocenters. The molecule has 5 heteroatoms. The van der Waals surface area contributed by atoms with Gasteiger partial charge in [0.05, 0.1) is 5.60 Å². The molecule has 1 fully saturated rings. The molecule has 2 N–H and O–H groups in total. The first kappa shape index (κ1) is 12.8. The van der Waals surface area contributed by atoms with E-state index in [4.69, 9.17) is 4.84 Å². The summed E-state index contributed by atoms with van der Waals surface area (Å²) in [4.78, 5) is 31.4. The number of H-pyrrole nitrogens is 1. The van der Waals surface area contributed by atoms with Crippen LogP contribution < -0.4 is 11.0 Å². The smallest absolute Gasteiger partial charge is 0.280 e. The number of hydroxylamine groups is 1. The summed E-state index contributed by atoms with van der Waals surface area (Å²) in [6.07, 6.45) is 2.21. The summed E-state index contributed by atoms with van der Waals surface area (Å²) in [6, 6.07) is 3.35. The van der Waals surface area contributed by atoms with Gasteiger partial charge in [-0.15, -0.1) is 0 Å². The Hall–Kier alpha value is -1.62. The zero-order valence-corrected chi connectivity index (χ0v) is 10.9. The lowest BCUT2D eigenvalue weighted by Gasteiger charge is -2.18. The van der Waals surface area contributed by atoms with Crippen LogP contribution in [0.25, 0.3) is 0 Å². The Morgan fingerprint density at radius 3 is 2.56 bits per heavy atom. The number of aromatic nitrogens is 1. The molecule has 1 amide bonds. The van der Waals surface area contributed by atoms with Crippen LogP contribution in [0.3, 0.4) is 0 Å². The topological polar surface area (TPSA) is 71.2 Å². The number of carbonyl (C=O) groups excluding carboxylic acids is 1. The van der Waals surface area contributed by atoms with E-state index in [0.29, 0.717) is 5.92 Å². The fourth-order valence-corrected chi connectivity index (χ4v) is 1.55. The van der Waals surface area contributed by atoms with Crippen molar-refractivity contribution in [1.82, 2.24) is 10.5 Å². The van der Waals surface area contributed by atoms with Crippen molar-refractivity contribution in [3.05, 3.63) is 33.7 Å². The normalized spacial score (nSPS) is 15.5. The Morgan fingerprint density at radius 1 is 1.39 bits per heavy atom. The molecule has 1 aliphatic carbocycles. The lowest BCUT2D eigenvalue weighted by Crippen LogP contribution is -2.36. The van der Waals surface area contributed by atoms with E-state index in [-0.39, 0.29) is 11.1 Å². The molecule has 1 aromatic rings. The predicted molar refractivity (Wildman–Crippen MR) is 67.3 cm³/mol. The number of aromatic amines is 1. The van der Waals surface area contributed by atoms with Crippen LogP contribution in [0.2, 0.25) is 0 Å². The molecule has 0 bridgehead atoms. The summed E-state index contributed by atoms with van der Waals surface area (Å²) in [5, 5.41) is 0. The second kappa shape index (κ2) is 4.57. The van der Waals surface area contributed by atoms with Gasteiger partial charge < -0.3 is 4.98 Å². The second-order valence-electron chi connectivity index (χ2n) is 5.58. The van der Waals surface area contributed by atoms with Crippen LogP contribution in [-0.2, 0) is 4.84 Å². The fraction of sp³-hybridized carbons (Fsp3) is 0.538. The zero-order chi connectivity index (χ0) is 13.3. The van der Waals surface area contributed by atoms with Crippen LogP contribution in [0, 0.1) is 0 Å². The molecule has 2 rings (SSSR count). The second-order valence-corrected chi connectivity index (χ2v) is 5.58. The summed E-state index contributed by atoms with van der Waals surface area (Å²) in [6.45, 7) is 5.44. The van der Waals surface area contributed by atoms with E-state index in [2.05, 4.69) is 10.5 Å². The third kappa shape index (κ3) is 3.20. The number of rotatable bonds is 3. The van der Waals surface area contributed by atoms with E-state index in [0.717, 1.165) is 18.5 Å². The minimum absolute atomic E-state index is 0.0728. The first-order chi connectivity index (χ1) is 8.37. The highest BCUT2D eigenvalue weighted by atomic mass is 16.7. The largest absolute Gasteiger partial charge is 0.325 e. The third-order valence-electron chi connectivity index (χ3n) is 2.64. The number of hydrogen-bond acceptors (Lipinski definition) is 3. The molecule has 1 heterocycles. The zero-order valence-electron chi connectivity index (χ0n) is 10.9. The van der Waals surface area contributed by atoms with Crippen LogP contribution in [-0.4, -0.2) is 16.5 Å². The summed E-state index contributed by atoms with van der Waals surface area (Å²) in [5.41, 5.74) is 2.41. The Bertz CT molecular complexity index is 510. The van der Waals surface area contributed by atoms with Crippen LogP contribution in [0.4, 0.5) is 0 Å². The highest BCUT2D eigenvalue weighted by molar-refractivity contribution is 5.93. The molecule has 0 spiro atoms. The van der Waals surface area contributed by atoms with E-state index in [9.17, 15) is 9.59 Å². The first-order valence-electron chi connectivity index (χ1n) is 6.08. The van der Waals surface area contributed by atoms with Gasteiger partial charge >= 0.3 is 0 Å². The molecule has 5 nitrogen and oxygen atoms in total. The summed E-state index contributed by atoms with van der Waals surface area (Å²) >= 11 is 0. The quantitative estimate of drug-likeness (QED) is 0.802. The molecular formula is C13H18N2O3. The van der Waals surface area contributed by atoms with Crippen molar-refractivity contribution in [1.29, 1.82) is 0 Å². The lowest BCUT2D eigenvalue weighted by molar-refractivity contribution is -0.0590. The van der Waals surface area contributed by atoms with Gasteiger partial charge in [0.25, 0.3) is 11.5 Å². The van der Waals surface area contributed by atoms with E-state index in [1.165, 1.54) is 0 Å². The number of pyridine rings is 1. The highest BCUT2D eigenvalue weighted by Crippen LogP contribution is 2.38. The van der Waals surface area contributed by atoms with Gasteiger partial charge in [-0.05, 0) is 51.7 Å². The molecule has 0 radical (unpaired) electrons. The van der Waals surface area contributed by atoms with Gasteiger partial charge in [0, 0.05) is 5.69 Å². The molecular weight excluding hydrogens is 232 g/mol. The van der Waals surface area contributed by atoms with E-state index in [1.807, 2.05) is 20.8 Å². The van der Waals surface area contributed by atoms with Crippen LogP contribution in [0.1, 0.15) is 55.6 Å². The maximum absolute atomic E-state index is 11.8. The summed E-state index contributed by atoms with van der Waals surface area (Å²) in [7, 11) is 0. The highest BCUT2D eigenvalue weighted by Gasteiger charge is 2.25. The average molecular weight is 250 g/mol. The molecule has 1 saturated carbocycles. The van der Waals surface area contributed by atoms with Gasteiger partial charge in [0.2, 0.25) is 0 Å². The number of carbonyl (C=O) groups is 1. The van der Waals surface area contributed by atoms with Gasteiger partial charge in [-0.3, -0.25) is 14.4 Å². The number of amides is 1. The monoisotopic (exact) mass is 250 g/mol. The van der Waals surface area contributed by atoms with Crippen molar-refractivity contribution >= 4 is 5.91 Å². The molecule has 0 aromatic carbocycles. The number of hydrogen-bond donors (Lipinski definition) is 2. The van der Waals surface area contributed by atoms with Crippen molar-refractivity contribution in [3.8, 4) is 0 Å². The minimum atomic E-state index is -0.520. The minimum Gasteiger partial charge on any atom is -0.325 e. The van der Waals surface area contributed by atoms with Crippen molar-refractivity contribution < 1.29 is 9.63 Å². The van der Waals surface area contributed by atoms with Crippen LogP contribution >= 0.6 is 0 Å². The Labute approximate surface area is 106 Å². The van der Waals surface area contributed by atoms with Gasteiger partial charge in [-0.2, -0.15) is 0 Å². The Balaban J connectivity index is 2.08. The maximum atomic E-state index is 11.8. The van der Waals surface area contributed by atoms with Gasteiger partial charge in [0.15, 0.2) is 0 Å². The summed E-state index contributed by atoms with van der Waals surface area (Å²) in [5.74, 6) is -0.0610. The summed E-state index contributed by atoms with van der Waals surface area (Å²) < 4.78 is 0. The van der Waals surface area contributed by atoms with E-state index in [1.54, 1.807) is 12.1 Å². The van der Waals surface area contributed by atoms with E-state index < -0.39 is 11.5 Å². The van der Waals surface area contributed by atoms with Gasteiger partial charge in [-0.25, -0.2) is 5.48 Å². The molecule has 0 saturated heterocycles. The van der Waals surface area contributed by atoms with Crippen molar-refractivity contribution in [2.45, 2.75) is 45.1 Å². The Morgan fingerprint density at radius 2 is 2.06 bits per heavy atom. The molecule has 98 valence electrons. The maximum Gasteiger partial charge on any atom is 0.280 e. The standard InChI is InChI=1S/C13H18N2O3/c1-13(2,3)18-15-12(17)9-6-7-10(8-4-5-8)14-11(9)16/h6-8H,4-5H2,1-3H3,(H,14,16)(H,15,17). The third-order valence-corrected chi connectivity index (χ3v) is 2.64. The van der Waals surface area contributed by atoms with Crippen molar-refractivity contribution in [3.63, 3.8) is 0 Å². The average Bonchev–Trinajstić information content (AvgIpc) is 3.08. The van der Waals surface area contributed by atoms with Crippen molar-refractivity contribution in [2.24, 2.45) is 0 Å². The molecule has 1 aliphatic rings. The van der Waals surface area contributed by atoms with Crippen LogP contribution in [0.15, 0.2) is 16.9 Å². The first-order valence-corrected chi connectivity index (χ1v) is 6.08. The van der Waals surface area contributed by atoms with Crippen LogP contribution in [0.5, 0.6) is 0 Å². The fourth-order valence-electron chi connectivity index (χ4n) is 1.55. The molecule has 18 heavy (non-hydrogen) atoms. The van der Waals surface area contributed by atoms with Gasteiger partial charge in [0.1, 0.15) is 5.56 Å². The number of nitrogens with one attached hydrogen (secondary N) is 2. The van der Waals surface area contributed by atoms with Crippen molar-refractivity contribution in [2.75, 3.05) is 0 Å². The Kier molecular flexibility index (Phi) is 3.26. The van der Waals surface area contributed by atoms with Gasteiger partial charge in [-0.1, -0.05) is 0 Å². The molecule has 0 atom stereocenters. The SMILES string of the molecule is CC(C)(C)ONC(=O)c1ccc(C2CC2)[nH]c1=O. The predicted octanol–water partition coefficient (Wildman–Crippen LogP) is 1.71. The van der Waals surface area contributed by atoms with E-state index >= 15 is 0 Å². The molecule has 1 aromatic heterocycles. The molecule has 0 aliphatic heterocycles.